The van der Waals surface area contributed by atoms with Crippen LogP contribution in [0.4, 0.5) is 15.8 Å². The van der Waals surface area contributed by atoms with Crippen LogP contribution in [0.5, 0.6) is 11.5 Å². The molecule has 0 aliphatic carbocycles. The highest BCUT2D eigenvalue weighted by atomic mass is 32.2. The van der Waals surface area contributed by atoms with Crippen LogP contribution in [0.25, 0.3) is 0 Å². The van der Waals surface area contributed by atoms with Crippen LogP contribution >= 0.6 is 0 Å². The van der Waals surface area contributed by atoms with Crippen molar-refractivity contribution in [3.8, 4) is 11.5 Å². The first-order chi connectivity index (χ1) is 14.3. The number of benzene rings is 3. The third kappa shape index (κ3) is 5.15. The molecule has 0 saturated heterocycles. The van der Waals surface area contributed by atoms with Gasteiger partial charge in [0.2, 0.25) is 15.9 Å². The van der Waals surface area contributed by atoms with Gasteiger partial charge in [-0.2, -0.15) is 0 Å². The number of ether oxygens (including phenoxy) is 1. The Morgan fingerprint density at radius 2 is 1.57 bits per heavy atom. The molecule has 8 heteroatoms. The molecule has 156 valence electrons. The summed E-state index contributed by atoms with van der Waals surface area (Å²) in [5, 5.41) is 2.72. The first-order valence-electron chi connectivity index (χ1n) is 9.13. The number of anilines is 2. The van der Waals surface area contributed by atoms with E-state index in [4.69, 9.17) is 4.74 Å². The molecule has 3 rings (SSSR count). The van der Waals surface area contributed by atoms with Gasteiger partial charge in [0, 0.05) is 0 Å². The van der Waals surface area contributed by atoms with E-state index in [1.54, 1.807) is 36.4 Å². The standard InChI is InChI=1S/C22H21FN2O4S/c1-16(25(30(2,27)28)18-14-12-17(23)13-15-18)22(26)24-20-10-6-7-11-21(20)29-19-8-4-3-5-9-19/h3-16H,1-2H3,(H,24,26)/t16-/m1/s1. The average molecular weight is 428 g/mol. The SMILES string of the molecule is C[C@H](C(=O)Nc1ccccc1Oc1ccccc1)N(c1ccc(F)cc1)S(C)(=O)=O. The van der Waals surface area contributed by atoms with Gasteiger partial charge in [0.1, 0.15) is 17.6 Å². The molecule has 0 heterocycles. The third-order valence-corrected chi connectivity index (χ3v) is 5.53. The van der Waals surface area contributed by atoms with E-state index in [0.29, 0.717) is 17.2 Å². The van der Waals surface area contributed by atoms with Crippen LogP contribution in [0.15, 0.2) is 78.9 Å². The van der Waals surface area contributed by atoms with Crippen molar-refractivity contribution >= 4 is 27.3 Å². The summed E-state index contributed by atoms with van der Waals surface area (Å²) < 4.78 is 44.7. The van der Waals surface area contributed by atoms with E-state index >= 15 is 0 Å². The maximum atomic E-state index is 13.3. The zero-order chi connectivity index (χ0) is 21.7. The summed E-state index contributed by atoms with van der Waals surface area (Å²) in [6.45, 7) is 1.46. The fraction of sp³-hybridized carbons (Fsp3) is 0.136. The minimum absolute atomic E-state index is 0.190. The lowest BCUT2D eigenvalue weighted by atomic mass is 10.2. The number of nitrogens with zero attached hydrogens (tertiary/aromatic N) is 1. The normalized spacial score (nSPS) is 12.1. The minimum Gasteiger partial charge on any atom is -0.455 e. The smallest absolute Gasteiger partial charge is 0.248 e. The van der Waals surface area contributed by atoms with Gasteiger partial charge in [0.15, 0.2) is 5.75 Å². The fourth-order valence-corrected chi connectivity index (χ4v) is 4.08. The summed E-state index contributed by atoms with van der Waals surface area (Å²) in [4.78, 5) is 12.9. The largest absolute Gasteiger partial charge is 0.455 e. The zero-order valence-electron chi connectivity index (χ0n) is 16.4. The van der Waals surface area contributed by atoms with E-state index in [0.717, 1.165) is 22.7 Å². The number of hydrogen-bond donors (Lipinski definition) is 1. The van der Waals surface area contributed by atoms with Gasteiger partial charge in [0.25, 0.3) is 0 Å². The molecule has 6 nitrogen and oxygen atoms in total. The van der Waals surface area contributed by atoms with Gasteiger partial charge in [-0.15, -0.1) is 0 Å². The van der Waals surface area contributed by atoms with Crippen molar-refractivity contribution in [1.29, 1.82) is 0 Å². The molecule has 1 atom stereocenters. The zero-order valence-corrected chi connectivity index (χ0v) is 17.3. The predicted octanol–water partition coefficient (Wildman–Crippen LogP) is 4.41. The van der Waals surface area contributed by atoms with E-state index in [1.165, 1.54) is 19.1 Å². The number of amides is 1. The van der Waals surface area contributed by atoms with Crippen LogP contribution in [0.2, 0.25) is 0 Å². The van der Waals surface area contributed by atoms with Gasteiger partial charge < -0.3 is 10.1 Å². The van der Waals surface area contributed by atoms with Crippen molar-refractivity contribution < 1.29 is 22.3 Å². The lowest BCUT2D eigenvalue weighted by Gasteiger charge is -2.28. The number of sulfonamides is 1. The van der Waals surface area contributed by atoms with Crippen LogP contribution < -0.4 is 14.4 Å². The van der Waals surface area contributed by atoms with Gasteiger partial charge in [-0.25, -0.2) is 12.8 Å². The van der Waals surface area contributed by atoms with Crippen molar-refractivity contribution in [2.45, 2.75) is 13.0 Å². The van der Waals surface area contributed by atoms with Crippen molar-refractivity contribution in [2.24, 2.45) is 0 Å². The number of rotatable bonds is 7. The van der Waals surface area contributed by atoms with Crippen LogP contribution in [0, 0.1) is 5.82 Å². The summed E-state index contributed by atoms with van der Waals surface area (Å²) in [6, 6.07) is 19.7. The second-order valence-electron chi connectivity index (χ2n) is 6.61. The Labute approximate surface area is 175 Å². The number of halogens is 1. The Morgan fingerprint density at radius 3 is 2.20 bits per heavy atom. The van der Waals surface area contributed by atoms with Crippen molar-refractivity contribution in [2.75, 3.05) is 15.9 Å². The maximum absolute atomic E-state index is 13.3. The number of hydrogen-bond acceptors (Lipinski definition) is 4. The molecule has 1 amide bonds. The first kappa shape index (κ1) is 21.3. The highest BCUT2D eigenvalue weighted by Gasteiger charge is 2.29. The molecule has 0 aliphatic rings. The van der Waals surface area contributed by atoms with E-state index in [1.807, 2.05) is 18.2 Å². The second kappa shape index (κ2) is 8.96. The molecule has 3 aromatic rings. The highest BCUT2D eigenvalue weighted by Crippen LogP contribution is 2.30. The molecule has 0 radical (unpaired) electrons. The number of para-hydroxylation sites is 3. The quantitative estimate of drug-likeness (QED) is 0.605. The summed E-state index contributed by atoms with van der Waals surface area (Å²) in [6.07, 6.45) is 0.993. The Balaban J connectivity index is 1.85. The van der Waals surface area contributed by atoms with Crippen LogP contribution in [-0.2, 0) is 14.8 Å². The Morgan fingerprint density at radius 1 is 0.967 bits per heavy atom. The Bertz CT molecular complexity index is 1120. The number of nitrogens with one attached hydrogen (secondary N) is 1. The lowest BCUT2D eigenvalue weighted by molar-refractivity contribution is -0.116. The molecular formula is C22H21FN2O4S. The van der Waals surface area contributed by atoms with E-state index in [2.05, 4.69) is 5.32 Å². The molecule has 0 aromatic heterocycles. The van der Waals surface area contributed by atoms with Gasteiger partial charge >= 0.3 is 0 Å². The van der Waals surface area contributed by atoms with E-state index in [9.17, 15) is 17.6 Å². The van der Waals surface area contributed by atoms with Gasteiger partial charge in [0.05, 0.1) is 17.6 Å². The minimum atomic E-state index is -3.81. The van der Waals surface area contributed by atoms with E-state index < -0.39 is 27.8 Å². The topological polar surface area (TPSA) is 75.7 Å². The molecule has 30 heavy (non-hydrogen) atoms. The van der Waals surface area contributed by atoms with Crippen molar-refractivity contribution in [3.05, 3.63) is 84.7 Å². The highest BCUT2D eigenvalue weighted by molar-refractivity contribution is 7.92. The molecule has 0 unspecified atom stereocenters. The van der Waals surface area contributed by atoms with Gasteiger partial charge in [-0.3, -0.25) is 9.10 Å². The lowest BCUT2D eigenvalue weighted by Crippen LogP contribution is -2.45. The number of carbonyl (C=O) groups is 1. The fourth-order valence-electron chi connectivity index (χ4n) is 2.91. The molecule has 3 aromatic carbocycles. The van der Waals surface area contributed by atoms with E-state index in [-0.39, 0.29) is 5.69 Å². The van der Waals surface area contributed by atoms with Gasteiger partial charge in [-0.1, -0.05) is 30.3 Å². The maximum Gasteiger partial charge on any atom is 0.248 e. The van der Waals surface area contributed by atoms with Crippen LogP contribution in [0.3, 0.4) is 0 Å². The third-order valence-electron chi connectivity index (χ3n) is 4.29. The summed E-state index contributed by atoms with van der Waals surface area (Å²) in [5.41, 5.74) is 0.584. The van der Waals surface area contributed by atoms with Crippen molar-refractivity contribution in [3.63, 3.8) is 0 Å². The van der Waals surface area contributed by atoms with Crippen molar-refractivity contribution in [1.82, 2.24) is 0 Å². The van der Waals surface area contributed by atoms with Crippen LogP contribution in [0.1, 0.15) is 6.92 Å². The first-order valence-corrected chi connectivity index (χ1v) is 11.0. The predicted molar refractivity (Wildman–Crippen MR) is 115 cm³/mol. The molecule has 0 saturated carbocycles. The monoisotopic (exact) mass is 428 g/mol. The average Bonchev–Trinajstić information content (AvgIpc) is 2.71. The molecule has 0 spiro atoms. The Kier molecular flexibility index (Phi) is 6.37. The molecule has 1 N–H and O–H groups in total. The Hall–Kier alpha value is -3.39. The second-order valence-corrected chi connectivity index (χ2v) is 8.47. The summed E-state index contributed by atoms with van der Waals surface area (Å²) in [5.74, 6) is -0.0570. The van der Waals surface area contributed by atoms with Gasteiger partial charge in [-0.05, 0) is 55.5 Å². The molecule has 0 aliphatic heterocycles. The summed E-state index contributed by atoms with van der Waals surface area (Å²) in [7, 11) is -3.81. The van der Waals surface area contributed by atoms with Crippen LogP contribution in [-0.4, -0.2) is 26.6 Å². The molecule has 0 bridgehead atoms. The molecule has 0 fully saturated rings. The number of carbonyl (C=O) groups excluding carboxylic acids is 1. The summed E-state index contributed by atoms with van der Waals surface area (Å²) >= 11 is 0. The molecular weight excluding hydrogens is 407 g/mol.